The Kier molecular flexibility index (Phi) is 8.05. The van der Waals surface area contributed by atoms with E-state index in [4.69, 9.17) is 0 Å². The molecule has 144 valence electrons. The molecule has 0 saturated heterocycles. The zero-order valence-electron chi connectivity index (χ0n) is 16.5. The van der Waals surface area contributed by atoms with Crippen LogP contribution in [-0.2, 0) is 11.2 Å². The van der Waals surface area contributed by atoms with Crippen LogP contribution in [0.15, 0.2) is 54.6 Å². The molecule has 0 bridgehead atoms. The number of hydrogen-bond donors (Lipinski definition) is 2. The van der Waals surface area contributed by atoms with Crippen LogP contribution in [-0.4, -0.2) is 18.4 Å². The highest BCUT2D eigenvalue weighted by atomic mass is 16.2. The predicted molar refractivity (Wildman–Crippen MR) is 110 cm³/mol. The fourth-order valence-electron chi connectivity index (χ4n) is 2.98. The molecule has 4 heteroatoms. The summed E-state index contributed by atoms with van der Waals surface area (Å²) in [5, 5.41) is 5.99. The van der Waals surface area contributed by atoms with Gasteiger partial charge in [0.25, 0.3) is 5.91 Å². The minimum absolute atomic E-state index is 0.00214. The van der Waals surface area contributed by atoms with E-state index in [0.29, 0.717) is 30.9 Å². The van der Waals surface area contributed by atoms with E-state index >= 15 is 0 Å². The summed E-state index contributed by atoms with van der Waals surface area (Å²) in [4.78, 5) is 24.3. The second kappa shape index (κ2) is 10.5. The summed E-state index contributed by atoms with van der Waals surface area (Å²) in [7, 11) is 0. The van der Waals surface area contributed by atoms with Crippen molar-refractivity contribution in [1.29, 1.82) is 0 Å². The maximum absolute atomic E-state index is 12.3. The zero-order chi connectivity index (χ0) is 19.6. The third-order valence-corrected chi connectivity index (χ3v) is 4.63. The summed E-state index contributed by atoms with van der Waals surface area (Å²) in [5.74, 6) is 0.216. The molecule has 2 aromatic rings. The van der Waals surface area contributed by atoms with Gasteiger partial charge in [-0.15, -0.1) is 0 Å². The molecule has 1 unspecified atom stereocenters. The standard InChI is InChI=1S/C23H30N2O2/c1-4-18-12-14-19(15-13-18)22(17(2)3)25-21(26)11-8-16-24-23(27)20-9-6-5-7-10-20/h5-7,9-10,12-15,17,22H,4,8,11,16H2,1-3H3,(H,24,27)(H,25,26). The molecule has 0 spiro atoms. The molecule has 27 heavy (non-hydrogen) atoms. The van der Waals surface area contributed by atoms with Gasteiger partial charge < -0.3 is 10.6 Å². The first kappa shape index (κ1) is 20.7. The second-order valence-electron chi connectivity index (χ2n) is 7.11. The highest BCUT2D eigenvalue weighted by molar-refractivity contribution is 5.94. The minimum atomic E-state index is -0.105. The van der Waals surface area contributed by atoms with Gasteiger partial charge in [-0.25, -0.2) is 0 Å². The van der Waals surface area contributed by atoms with E-state index in [1.807, 2.05) is 18.2 Å². The van der Waals surface area contributed by atoms with Crippen molar-refractivity contribution < 1.29 is 9.59 Å². The van der Waals surface area contributed by atoms with E-state index in [0.717, 1.165) is 12.0 Å². The molecule has 2 amide bonds. The molecular weight excluding hydrogens is 336 g/mol. The molecule has 0 aliphatic rings. The molecule has 0 saturated carbocycles. The Bertz CT molecular complexity index is 724. The molecule has 4 nitrogen and oxygen atoms in total. The van der Waals surface area contributed by atoms with E-state index < -0.39 is 0 Å². The topological polar surface area (TPSA) is 58.2 Å². The number of amides is 2. The van der Waals surface area contributed by atoms with Crippen molar-refractivity contribution in [1.82, 2.24) is 10.6 Å². The third kappa shape index (κ3) is 6.55. The summed E-state index contributed by atoms with van der Waals surface area (Å²) in [6.45, 7) is 6.84. The van der Waals surface area contributed by atoms with E-state index in [1.54, 1.807) is 12.1 Å². The third-order valence-electron chi connectivity index (χ3n) is 4.63. The number of benzene rings is 2. The summed E-state index contributed by atoms with van der Waals surface area (Å²) < 4.78 is 0. The molecule has 0 aliphatic heterocycles. The Hall–Kier alpha value is -2.62. The average Bonchev–Trinajstić information content (AvgIpc) is 2.70. The normalized spacial score (nSPS) is 11.9. The minimum Gasteiger partial charge on any atom is -0.352 e. The Labute approximate surface area is 162 Å². The van der Waals surface area contributed by atoms with Gasteiger partial charge in [-0.2, -0.15) is 0 Å². The van der Waals surface area contributed by atoms with Crippen LogP contribution in [0.4, 0.5) is 0 Å². The van der Waals surface area contributed by atoms with Crippen molar-refractivity contribution in [3.8, 4) is 0 Å². The number of aryl methyl sites for hydroxylation is 1. The quantitative estimate of drug-likeness (QED) is 0.651. The van der Waals surface area contributed by atoms with Crippen LogP contribution >= 0.6 is 0 Å². The second-order valence-corrected chi connectivity index (χ2v) is 7.11. The fraction of sp³-hybridized carbons (Fsp3) is 0.391. The highest BCUT2D eigenvalue weighted by Gasteiger charge is 2.18. The van der Waals surface area contributed by atoms with Crippen molar-refractivity contribution >= 4 is 11.8 Å². The molecule has 0 heterocycles. The summed E-state index contributed by atoms with van der Waals surface area (Å²) in [5.41, 5.74) is 3.06. The average molecular weight is 367 g/mol. The lowest BCUT2D eigenvalue weighted by atomic mass is 9.94. The van der Waals surface area contributed by atoms with Gasteiger partial charge in [0.05, 0.1) is 6.04 Å². The lowest BCUT2D eigenvalue weighted by Crippen LogP contribution is -2.32. The van der Waals surface area contributed by atoms with Crippen LogP contribution in [0.25, 0.3) is 0 Å². The van der Waals surface area contributed by atoms with Gasteiger partial charge in [0, 0.05) is 18.5 Å². The molecule has 2 aromatic carbocycles. The summed E-state index contributed by atoms with van der Waals surface area (Å²) >= 11 is 0. The lowest BCUT2D eigenvalue weighted by Gasteiger charge is -2.23. The van der Waals surface area contributed by atoms with Crippen LogP contribution in [0.2, 0.25) is 0 Å². The maximum atomic E-state index is 12.3. The van der Waals surface area contributed by atoms with E-state index in [-0.39, 0.29) is 17.9 Å². The molecular formula is C23H30N2O2. The van der Waals surface area contributed by atoms with Gasteiger partial charge in [0.1, 0.15) is 0 Å². The molecule has 0 radical (unpaired) electrons. The van der Waals surface area contributed by atoms with Crippen molar-refractivity contribution in [3.05, 3.63) is 71.3 Å². The largest absolute Gasteiger partial charge is 0.352 e. The van der Waals surface area contributed by atoms with Crippen LogP contribution < -0.4 is 10.6 Å². The zero-order valence-corrected chi connectivity index (χ0v) is 16.5. The molecule has 0 aliphatic carbocycles. The van der Waals surface area contributed by atoms with Gasteiger partial charge in [0.15, 0.2) is 0 Å². The number of carbonyl (C=O) groups is 2. The molecule has 2 rings (SSSR count). The van der Waals surface area contributed by atoms with E-state index in [1.165, 1.54) is 5.56 Å². The van der Waals surface area contributed by atoms with Crippen molar-refractivity contribution in [2.24, 2.45) is 5.92 Å². The van der Waals surface area contributed by atoms with Crippen molar-refractivity contribution in [2.75, 3.05) is 6.54 Å². The first-order chi connectivity index (χ1) is 13.0. The Balaban J connectivity index is 1.79. The lowest BCUT2D eigenvalue weighted by molar-refractivity contribution is -0.122. The van der Waals surface area contributed by atoms with Gasteiger partial charge in [0.2, 0.25) is 5.91 Å². The van der Waals surface area contributed by atoms with Gasteiger partial charge in [-0.3, -0.25) is 9.59 Å². The highest BCUT2D eigenvalue weighted by Crippen LogP contribution is 2.22. The number of carbonyl (C=O) groups excluding carboxylic acids is 2. The van der Waals surface area contributed by atoms with Gasteiger partial charge in [-0.1, -0.05) is 63.2 Å². The maximum Gasteiger partial charge on any atom is 0.251 e. The fourth-order valence-corrected chi connectivity index (χ4v) is 2.98. The monoisotopic (exact) mass is 366 g/mol. The molecule has 2 N–H and O–H groups in total. The van der Waals surface area contributed by atoms with Crippen LogP contribution in [0, 0.1) is 5.92 Å². The van der Waals surface area contributed by atoms with Crippen molar-refractivity contribution in [2.45, 2.75) is 46.1 Å². The Morgan fingerprint density at radius 2 is 1.63 bits per heavy atom. The molecule has 0 aromatic heterocycles. The van der Waals surface area contributed by atoms with E-state index in [2.05, 4.69) is 55.7 Å². The van der Waals surface area contributed by atoms with Crippen LogP contribution in [0.3, 0.4) is 0 Å². The van der Waals surface area contributed by atoms with Gasteiger partial charge >= 0.3 is 0 Å². The summed E-state index contributed by atoms with van der Waals surface area (Å²) in [6.07, 6.45) is 2.02. The SMILES string of the molecule is CCc1ccc(C(NC(=O)CCCNC(=O)c2ccccc2)C(C)C)cc1. The van der Waals surface area contributed by atoms with Crippen molar-refractivity contribution in [3.63, 3.8) is 0 Å². The smallest absolute Gasteiger partial charge is 0.251 e. The predicted octanol–water partition coefficient (Wildman–Crippen LogP) is 4.27. The Morgan fingerprint density at radius 3 is 2.22 bits per heavy atom. The number of nitrogens with one attached hydrogen (secondary N) is 2. The molecule has 0 fully saturated rings. The number of rotatable bonds is 9. The van der Waals surface area contributed by atoms with E-state index in [9.17, 15) is 9.59 Å². The first-order valence-electron chi connectivity index (χ1n) is 9.72. The first-order valence-corrected chi connectivity index (χ1v) is 9.72. The van der Waals surface area contributed by atoms with Gasteiger partial charge in [-0.05, 0) is 42.0 Å². The van der Waals surface area contributed by atoms with Crippen LogP contribution in [0.1, 0.15) is 61.1 Å². The Morgan fingerprint density at radius 1 is 0.963 bits per heavy atom. The number of hydrogen-bond acceptors (Lipinski definition) is 2. The molecule has 1 atom stereocenters. The van der Waals surface area contributed by atoms with Crippen LogP contribution in [0.5, 0.6) is 0 Å². The summed E-state index contributed by atoms with van der Waals surface area (Å²) in [6, 6.07) is 17.5.